The summed E-state index contributed by atoms with van der Waals surface area (Å²) in [6.07, 6.45) is 5.27. The van der Waals surface area contributed by atoms with Crippen LogP contribution in [-0.4, -0.2) is 50.8 Å². The van der Waals surface area contributed by atoms with Crippen molar-refractivity contribution in [3.63, 3.8) is 0 Å². The minimum atomic E-state index is 0.449. The van der Waals surface area contributed by atoms with Crippen LogP contribution in [0, 0.1) is 11.3 Å². The zero-order valence-electron chi connectivity index (χ0n) is 12.4. The Bertz CT molecular complexity index is 239. The van der Waals surface area contributed by atoms with Crippen LogP contribution in [0.2, 0.25) is 0 Å². The van der Waals surface area contributed by atoms with Gasteiger partial charge in [-0.1, -0.05) is 13.8 Å². The molecule has 2 rings (SSSR count). The van der Waals surface area contributed by atoms with Crippen LogP contribution in [0.1, 0.15) is 39.5 Å². The van der Waals surface area contributed by atoms with Gasteiger partial charge in [0.25, 0.3) is 0 Å². The van der Waals surface area contributed by atoms with Gasteiger partial charge >= 0.3 is 0 Å². The zero-order chi connectivity index (χ0) is 13.0. The lowest BCUT2D eigenvalue weighted by Gasteiger charge is -2.41. The molecule has 1 saturated heterocycles. The van der Waals surface area contributed by atoms with Crippen LogP contribution in [0.25, 0.3) is 0 Å². The van der Waals surface area contributed by atoms with Gasteiger partial charge < -0.3 is 10.1 Å². The molecule has 0 amide bonds. The van der Waals surface area contributed by atoms with Gasteiger partial charge in [0.05, 0.1) is 0 Å². The first kappa shape index (κ1) is 14.3. The van der Waals surface area contributed by atoms with Gasteiger partial charge in [0.15, 0.2) is 0 Å². The van der Waals surface area contributed by atoms with E-state index < -0.39 is 0 Å². The lowest BCUT2D eigenvalue weighted by molar-refractivity contribution is -0.00672. The second-order valence-electron chi connectivity index (χ2n) is 6.70. The first-order valence-corrected chi connectivity index (χ1v) is 7.62. The van der Waals surface area contributed by atoms with E-state index in [1.807, 2.05) is 0 Å². The number of hydrogen-bond donors (Lipinski definition) is 1. The minimum Gasteiger partial charge on any atom is -0.381 e. The predicted octanol–water partition coefficient (Wildman–Crippen LogP) is 2.12. The van der Waals surface area contributed by atoms with Crippen LogP contribution in [0.5, 0.6) is 0 Å². The predicted molar refractivity (Wildman–Crippen MR) is 75.8 cm³/mol. The van der Waals surface area contributed by atoms with Gasteiger partial charge in [0.1, 0.15) is 0 Å². The Kier molecular flexibility index (Phi) is 5.05. The van der Waals surface area contributed by atoms with E-state index >= 15 is 0 Å². The normalized spacial score (nSPS) is 23.8. The molecular formula is C15H30N2O. The molecule has 0 atom stereocenters. The molecule has 0 unspecified atom stereocenters. The Hall–Kier alpha value is -0.120. The van der Waals surface area contributed by atoms with E-state index in [-0.39, 0.29) is 0 Å². The van der Waals surface area contributed by atoms with E-state index in [0.717, 1.165) is 31.7 Å². The van der Waals surface area contributed by atoms with Crippen molar-refractivity contribution in [2.24, 2.45) is 11.3 Å². The van der Waals surface area contributed by atoms with Crippen LogP contribution >= 0.6 is 0 Å². The molecule has 0 spiro atoms. The summed E-state index contributed by atoms with van der Waals surface area (Å²) in [4.78, 5) is 2.76. The largest absolute Gasteiger partial charge is 0.381 e. The first-order valence-electron chi connectivity index (χ1n) is 7.62. The first-order chi connectivity index (χ1) is 8.65. The van der Waals surface area contributed by atoms with E-state index in [0.29, 0.717) is 5.41 Å². The van der Waals surface area contributed by atoms with Crippen molar-refractivity contribution in [3.8, 4) is 0 Å². The Morgan fingerprint density at radius 3 is 2.44 bits per heavy atom. The number of nitrogens with zero attached hydrogens (tertiary/aromatic N) is 1. The summed E-state index contributed by atoms with van der Waals surface area (Å²) in [5.74, 6) is 0.775. The molecule has 2 aliphatic rings. The minimum absolute atomic E-state index is 0.449. The molecule has 3 heteroatoms. The van der Waals surface area contributed by atoms with E-state index in [1.54, 1.807) is 0 Å². The average Bonchev–Trinajstić information content (AvgIpc) is 3.13. The lowest BCUT2D eigenvalue weighted by atomic mass is 9.79. The molecule has 2 fully saturated rings. The summed E-state index contributed by atoms with van der Waals surface area (Å²) < 4.78 is 5.56. The summed E-state index contributed by atoms with van der Waals surface area (Å²) in [6, 6.07) is 0.879. The quantitative estimate of drug-likeness (QED) is 0.753. The third-order valence-corrected chi connectivity index (χ3v) is 4.31. The highest BCUT2D eigenvalue weighted by molar-refractivity contribution is 4.92. The fourth-order valence-electron chi connectivity index (χ4n) is 3.25. The van der Waals surface area contributed by atoms with Crippen LogP contribution in [-0.2, 0) is 4.74 Å². The summed E-state index contributed by atoms with van der Waals surface area (Å²) >= 11 is 0. The Morgan fingerprint density at radius 2 is 1.94 bits per heavy atom. The molecule has 0 aromatic heterocycles. The molecule has 3 nitrogen and oxygen atoms in total. The smallest absolute Gasteiger partial charge is 0.0472 e. The molecule has 0 radical (unpaired) electrons. The maximum atomic E-state index is 5.56. The molecule has 1 aliphatic heterocycles. The summed E-state index contributed by atoms with van der Waals surface area (Å²) in [6.45, 7) is 10.2. The monoisotopic (exact) mass is 254 g/mol. The summed E-state index contributed by atoms with van der Waals surface area (Å²) in [5, 5.41) is 3.41. The molecule has 0 bridgehead atoms. The molecular weight excluding hydrogens is 224 g/mol. The highest BCUT2D eigenvalue weighted by atomic mass is 16.5. The Labute approximate surface area is 112 Å². The van der Waals surface area contributed by atoms with Gasteiger partial charge in [-0.15, -0.1) is 0 Å². The standard InChI is InChI=1S/C15H30N2O/c1-13(2)10-17(14-4-5-14)12-15(11-16-3)6-8-18-9-7-15/h13-14,16H,4-12H2,1-3H3. The van der Waals surface area contributed by atoms with Gasteiger partial charge in [-0.25, -0.2) is 0 Å². The molecule has 1 N–H and O–H groups in total. The Morgan fingerprint density at radius 1 is 1.28 bits per heavy atom. The summed E-state index contributed by atoms with van der Waals surface area (Å²) in [7, 11) is 2.08. The van der Waals surface area contributed by atoms with Gasteiger partial charge in [0, 0.05) is 38.9 Å². The fraction of sp³-hybridized carbons (Fsp3) is 1.00. The van der Waals surface area contributed by atoms with E-state index in [4.69, 9.17) is 4.74 Å². The topological polar surface area (TPSA) is 24.5 Å². The molecule has 1 saturated carbocycles. The fourth-order valence-corrected chi connectivity index (χ4v) is 3.25. The van der Waals surface area contributed by atoms with Gasteiger partial charge in [0.2, 0.25) is 0 Å². The molecule has 0 aromatic carbocycles. The van der Waals surface area contributed by atoms with Crippen molar-refractivity contribution in [1.29, 1.82) is 0 Å². The average molecular weight is 254 g/mol. The molecule has 1 heterocycles. The van der Waals surface area contributed by atoms with Crippen LogP contribution in [0.4, 0.5) is 0 Å². The van der Waals surface area contributed by atoms with E-state index in [2.05, 4.69) is 31.1 Å². The number of rotatable bonds is 7. The van der Waals surface area contributed by atoms with Crippen molar-refractivity contribution in [3.05, 3.63) is 0 Å². The SMILES string of the molecule is CNCC1(CN(CC(C)C)C2CC2)CCOCC1. The molecule has 106 valence electrons. The van der Waals surface area contributed by atoms with Crippen molar-refractivity contribution in [2.75, 3.05) is 39.9 Å². The third kappa shape index (κ3) is 3.94. The zero-order valence-corrected chi connectivity index (χ0v) is 12.4. The van der Waals surface area contributed by atoms with Gasteiger partial charge in [-0.2, -0.15) is 0 Å². The highest BCUT2D eigenvalue weighted by Crippen LogP contribution is 2.36. The lowest BCUT2D eigenvalue weighted by Crippen LogP contribution is -2.48. The maximum Gasteiger partial charge on any atom is 0.0472 e. The van der Waals surface area contributed by atoms with E-state index in [1.165, 1.54) is 38.8 Å². The molecule has 0 aromatic rings. The maximum absolute atomic E-state index is 5.56. The number of ether oxygens (including phenoxy) is 1. The number of nitrogens with one attached hydrogen (secondary N) is 1. The highest BCUT2D eigenvalue weighted by Gasteiger charge is 2.38. The van der Waals surface area contributed by atoms with Gasteiger partial charge in [-0.3, -0.25) is 4.90 Å². The van der Waals surface area contributed by atoms with Crippen LogP contribution in [0.15, 0.2) is 0 Å². The molecule has 18 heavy (non-hydrogen) atoms. The van der Waals surface area contributed by atoms with Crippen molar-refractivity contribution >= 4 is 0 Å². The van der Waals surface area contributed by atoms with Crippen LogP contribution in [0.3, 0.4) is 0 Å². The summed E-state index contributed by atoms with van der Waals surface area (Å²) in [5.41, 5.74) is 0.449. The van der Waals surface area contributed by atoms with Crippen molar-refractivity contribution < 1.29 is 4.74 Å². The third-order valence-electron chi connectivity index (χ3n) is 4.31. The van der Waals surface area contributed by atoms with Crippen molar-refractivity contribution in [2.45, 2.75) is 45.6 Å². The van der Waals surface area contributed by atoms with E-state index in [9.17, 15) is 0 Å². The second kappa shape index (κ2) is 6.36. The van der Waals surface area contributed by atoms with Crippen LogP contribution < -0.4 is 5.32 Å². The second-order valence-corrected chi connectivity index (χ2v) is 6.70. The van der Waals surface area contributed by atoms with Crippen molar-refractivity contribution in [1.82, 2.24) is 10.2 Å². The molecule has 1 aliphatic carbocycles. The number of hydrogen-bond acceptors (Lipinski definition) is 3. The van der Waals surface area contributed by atoms with Gasteiger partial charge in [-0.05, 0) is 44.1 Å². The Balaban J connectivity index is 1.96.